The number of nitrogens with one attached hydrogen (secondary N) is 1. The molecule has 0 saturated carbocycles. The quantitative estimate of drug-likeness (QED) is 0.555. The molecule has 3 aromatic carbocycles. The van der Waals surface area contributed by atoms with Gasteiger partial charge < -0.3 is 20.9 Å². The van der Waals surface area contributed by atoms with Crippen molar-refractivity contribution in [3.8, 4) is 16.9 Å². The topological polar surface area (TPSA) is 84.6 Å². The normalized spacial score (nSPS) is 12.9. The Balaban J connectivity index is 2.10. The number of primary amides is 1. The standard InChI is InChI=1S/C22H20ClFN2O3/c1-22(28,14-6-8-16(9-7-14)26-21(25)27)17-10-11-18(29-2)19(20(17)24)13-4-3-5-15(23)12-13/h3-12,28H,1-2H3,(H3,25,26,27). The van der Waals surface area contributed by atoms with Crippen molar-refractivity contribution in [1.82, 2.24) is 0 Å². The Bertz CT molecular complexity index is 1050. The molecule has 0 aliphatic heterocycles. The maximum Gasteiger partial charge on any atom is 0.316 e. The highest BCUT2D eigenvalue weighted by Gasteiger charge is 2.31. The van der Waals surface area contributed by atoms with Crippen LogP contribution in [0, 0.1) is 5.82 Å². The number of ether oxygens (including phenoxy) is 1. The average Bonchev–Trinajstić information content (AvgIpc) is 2.67. The molecular weight excluding hydrogens is 395 g/mol. The number of halogens is 2. The molecule has 0 heterocycles. The van der Waals surface area contributed by atoms with Gasteiger partial charge in [-0.15, -0.1) is 0 Å². The Morgan fingerprint density at radius 3 is 2.45 bits per heavy atom. The lowest BCUT2D eigenvalue weighted by Crippen LogP contribution is -2.25. The van der Waals surface area contributed by atoms with E-state index in [1.807, 2.05) is 0 Å². The van der Waals surface area contributed by atoms with Crippen LogP contribution >= 0.6 is 11.6 Å². The maximum atomic E-state index is 15.6. The second kappa shape index (κ2) is 8.11. The number of hydrogen-bond donors (Lipinski definition) is 3. The molecule has 150 valence electrons. The number of nitrogens with two attached hydrogens (primary N) is 1. The van der Waals surface area contributed by atoms with Crippen molar-refractivity contribution in [3.05, 3.63) is 82.6 Å². The van der Waals surface area contributed by atoms with Gasteiger partial charge in [0.2, 0.25) is 0 Å². The van der Waals surface area contributed by atoms with Gasteiger partial charge in [0.1, 0.15) is 17.2 Å². The van der Waals surface area contributed by atoms with Crippen LogP contribution in [0.3, 0.4) is 0 Å². The Kier molecular flexibility index (Phi) is 5.77. The van der Waals surface area contributed by atoms with Crippen LogP contribution in [0.25, 0.3) is 11.1 Å². The van der Waals surface area contributed by atoms with Gasteiger partial charge in [-0.05, 0) is 54.4 Å². The summed E-state index contributed by atoms with van der Waals surface area (Å²) in [5.74, 6) is -0.290. The van der Waals surface area contributed by atoms with Gasteiger partial charge in [0.25, 0.3) is 0 Å². The minimum Gasteiger partial charge on any atom is -0.496 e. The predicted octanol–water partition coefficient (Wildman–Crippen LogP) is 4.90. The summed E-state index contributed by atoms with van der Waals surface area (Å²) in [5, 5.41) is 14.1. The largest absolute Gasteiger partial charge is 0.496 e. The summed E-state index contributed by atoms with van der Waals surface area (Å²) in [4.78, 5) is 11.0. The van der Waals surface area contributed by atoms with Crippen molar-refractivity contribution in [2.24, 2.45) is 5.73 Å². The first kappa shape index (κ1) is 20.6. The SMILES string of the molecule is COc1ccc(C(C)(O)c2ccc(NC(N)=O)cc2)c(F)c1-c1cccc(Cl)c1. The summed E-state index contributed by atoms with van der Waals surface area (Å²) in [6.07, 6.45) is 0. The summed E-state index contributed by atoms with van der Waals surface area (Å²) >= 11 is 6.07. The van der Waals surface area contributed by atoms with Crippen LogP contribution in [0.1, 0.15) is 18.1 Å². The average molecular weight is 415 g/mol. The number of rotatable bonds is 5. The third kappa shape index (κ3) is 4.18. The predicted molar refractivity (Wildman–Crippen MR) is 112 cm³/mol. The summed E-state index contributed by atoms with van der Waals surface area (Å²) < 4.78 is 20.9. The van der Waals surface area contributed by atoms with Crippen LogP contribution in [-0.4, -0.2) is 18.2 Å². The molecule has 2 amide bonds. The molecule has 1 unspecified atom stereocenters. The summed E-state index contributed by atoms with van der Waals surface area (Å²) in [6.45, 7) is 1.50. The van der Waals surface area contributed by atoms with Crippen molar-refractivity contribution in [2.75, 3.05) is 12.4 Å². The van der Waals surface area contributed by atoms with Crippen molar-refractivity contribution < 1.29 is 19.0 Å². The van der Waals surface area contributed by atoms with Crippen LogP contribution in [0.2, 0.25) is 5.02 Å². The van der Waals surface area contributed by atoms with Gasteiger partial charge in [-0.2, -0.15) is 0 Å². The first-order chi connectivity index (χ1) is 13.7. The van der Waals surface area contributed by atoms with E-state index in [1.54, 1.807) is 54.6 Å². The van der Waals surface area contributed by atoms with Gasteiger partial charge in [-0.1, -0.05) is 35.9 Å². The molecule has 3 aromatic rings. The van der Waals surface area contributed by atoms with Crippen molar-refractivity contribution in [2.45, 2.75) is 12.5 Å². The zero-order valence-corrected chi connectivity index (χ0v) is 16.6. The van der Waals surface area contributed by atoms with E-state index in [4.69, 9.17) is 22.1 Å². The second-order valence-electron chi connectivity index (χ2n) is 6.65. The molecule has 0 aliphatic rings. The molecule has 29 heavy (non-hydrogen) atoms. The van der Waals surface area contributed by atoms with Crippen molar-refractivity contribution in [3.63, 3.8) is 0 Å². The van der Waals surface area contributed by atoms with E-state index in [0.29, 0.717) is 27.6 Å². The number of anilines is 1. The number of carbonyl (C=O) groups is 1. The summed E-state index contributed by atoms with van der Waals surface area (Å²) in [6, 6.07) is 15.5. The number of methoxy groups -OCH3 is 1. The highest BCUT2D eigenvalue weighted by atomic mass is 35.5. The van der Waals surface area contributed by atoms with E-state index in [9.17, 15) is 9.90 Å². The maximum absolute atomic E-state index is 15.6. The van der Waals surface area contributed by atoms with E-state index < -0.39 is 17.4 Å². The molecule has 3 rings (SSSR count). The lowest BCUT2D eigenvalue weighted by molar-refractivity contribution is 0.0980. The highest BCUT2D eigenvalue weighted by Crippen LogP contribution is 2.40. The number of urea groups is 1. The first-order valence-corrected chi connectivity index (χ1v) is 9.14. The van der Waals surface area contributed by atoms with Crippen molar-refractivity contribution >= 4 is 23.3 Å². The van der Waals surface area contributed by atoms with Crippen LogP contribution in [0.5, 0.6) is 5.75 Å². The highest BCUT2D eigenvalue weighted by molar-refractivity contribution is 6.30. The molecule has 7 heteroatoms. The monoisotopic (exact) mass is 414 g/mol. The number of aliphatic hydroxyl groups is 1. The van der Waals surface area contributed by atoms with Crippen LogP contribution in [-0.2, 0) is 5.60 Å². The van der Waals surface area contributed by atoms with E-state index in [0.717, 1.165) is 0 Å². The van der Waals surface area contributed by atoms with E-state index in [1.165, 1.54) is 20.1 Å². The molecule has 4 N–H and O–H groups in total. The molecule has 0 fully saturated rings. The fourth-order valence-electron chi connectivity index (χ4n) is 3.19. The summed E-state index contributed by atoms with van der Waals surface area (Å²) in [5.41, 5.74) is 5.17. The van der Waals surface area contributed by atoms with Crippen LogP contribution in [0.15, 0.2) is 60.7 Å². The van der Waals surface area contributed by atoms with Crippen molar-refractivity contribution in [1.29, 1.82) is 0 Å². The lowest BCUT2D eigenvalue weighted by Gasteiger charge is -2.27. The molecule has 0 saturated heterocycles. The fourth-order valence-corrected chi connectivity index (χ4v) is 3.38. The number of benzene rings is 3. The molecule has 0 aromatic heterocycles. The molecule has 0 radical (unpaired) electrons. The van der Waals surface area contributed by atoms with Gasteiger partial charge in [-0.25, -0.2) is 9.18 Å². The Labute approximate surface area is 172 Å². The number of carbonyl (C=O) groups excluding carboxylic acids is 1. The molecule has 5 nitrogen and oxygen atoms in total. The lowest BCUT2D eigenvalue weighted by atomic mass is 9.85. The number of hydrogen-bond acceptors (Lipinski definition) is 3. The summed E-state index contributed by atoms with van der Waals surface area (Å²) in [7, 11) is 1.45. The van der Waals surface area contributed by atoms with Gasteiger partial charge in [0.05, 0.1) is 12.7 Å². The zero-order chi connectivity index (χ0) is 21.2. The third-order valence-corrected chi connectivity index (χ3v) is 4.91. The fraction of sp³-hybridized carbons (Fsp3) is 0.136. The Hall–Kier alpha value is -3.09. The third-order valence-electron chi connectivity index (χ3n) is 4.68. The Morgan fingerprint density at radius 2 is 1.86 bits per heavy atom. The minimum atomic E-state index is -1.64. The smallest absolute Gasteiger partial charge is 0.316 e. The van der Waals surface area contributed by atoms with Gasteiger partial charge >= 0.3 is 6.03 Å². The zero-order valence-electron chi connectivity index (χ0n) is 15.9. The van der Waals surface area contributed by atoms with Gasteiger partial charge in [0, 0.05) is 16.3 Å². The molecule has 1 atom stereocenters. The minimum absolute atomic E-state index is 0.0730. The van der Waals surface area contributed by atoms with E-state index >= 15 is 4.39 Å². The molecule has 0 bridgehead atoms. The second-order valence-corrected chi connectivity index (χ2v) is 7.09. The number of amides is 2. The van der Waals surface area contributed by atoms with Crippen LogP contribution in [0.4, 0.5) is 14.9 Å². The molecule has 0 aliphatic carbocycles. The molecular formula is C22H20ClFN2O3. The van der Waals surface area contributed by atoms with E-state index in [-0.39, 0.29) is 11.1 Å². The van der Waals surface area contributed by atoms with E-state index in [2.05, 4.69) is 5.32 Å². The first-order valence-electron chi connectivity index (χ1n) is 8.76. The van der Waals surface area contributed by atoms with Gasteiger partial charge in [0.15, 0.2) is 0 Å². The van der Waals surface area contributed by atoms with Crippen LogP contribution < -0.4 is 15.8 Å². The van der Waals surface area contributed by atoms with Gasteiger partial charge in [-0.3, -0.25) is 0 Å². The Morgan fingerprint density at radius 1 is 1.17 bits per heavy atom. The molecule has 0 spiro atoms.